The van der Waals surface area contributed by atoms with Crippen molar-refractivity contribution >= 4 is 21.8 Å². The molecule has 1 saturated heterocycles. The highest BCUT2D eigenvalue weighted by Crippen LogP contribution is 2.11. The first kappa shape index (κ1) is 15.0. The Hall–Kier alpha value is -0.0900. The topological polar surface area (TPSA) is 23.6 Å². The molecule has 0 aromatic rings. The normalized spacial score (nSPS) is 20.1. The molecule has 0 aliphatic carbocycles. The first-order chi connectivity index (χ1) is 8.13. The summed E-state index contributed by atoms with van der Waals surface area (Å²) in [5.74, 6) is 1.01. The van der Waals surface area contributed by atoms with E-state index in [4.69, 9.17) is 0 Å². The van der Waals surface area contributed by atoms with Crippen LogP contribution in [0.25, 0.3) is 0 Å². The summed E-state index contributed by atoms with van der Waals surface area (Å²) in [5, 5.41) is 1.10. The van der Waals surface area contributed by atoms with Gasteiger partial charge in [-0.15, -0.1) is 0 Å². The number of carbonyl (C=O) groups excluding carboxylic acids is 1. The summed E-state index contributed by atoms with van der Waals surface area (Å²) in [7, 11) is 0. The molecular weight excluding hydrogens is 280 g/mol. The van der Waals surface area contributed by atoms with Gasteiger partial charge in [0.15, 0.2) is 0 Å². The highest BCUT2D eigenvalue weighted by molar-refractivity contribution is 9.09. The number of carbonyl (C=O) groups is 1. The summed E-state index contributed by atoms with van der Waals surface area (Å²) in [6.07, 6.45) is 3.64. The monoisotopic (exact) mass is 304 g/mol. The predicted octanol–water partition coefficient (Wildman–Crippen LogP) is 2.35. The summed E-state index contributed by atoms with van der Waals surface area (Å²) < 4.78 is 0. The van der Waals surface area contributed by atoms with Gasteiger partial charge in [0.05, 0.1) is 0 Å². The Morgan fingerprint density at radius 1 is 1.24 bits per heavy atom. The molecule has 0 aromatic carbocycles. The first-order valence-corrected chi connectivity index (χ1v) is 7.79. The molecule has 0 spiro atoms. The lowest BCUT2D eigenvalue weighted by Gasteiger charge is -2.22. The van der Waals surface area contributed by atoms with Crippen molar-refractivity contribution in [2.45, 2.75) is 33.1 Å². The zero-order valence-electron chi connectivity index (χ0n) is 11.1. The van der Waals surface area contributed by atoms with Crippen LogP contribution in [-0.2, 0) is 4.79 Å². The lowest BCUT2D eigenvalue weighted by molar-refractivity contribution is -0.128. The van der Waals surface area contributed by atoms with E-state index in [1.165, 1.54) is 19.4 Å². The summed E-state index contributed by atoms with van der Waals surface area (Å²) in [5.41, 5.74) is 0. The minimum absolute atomic E-state index is 0.222. The number of nitrogens with zero attached hydrogens (tertiary/aromatic N) is 2. The number of alkyl halides is 1. The van der Waals surface area contributed by atoms with E-state index in [9.17, 15) is 4.79 Å². The molecule has 1 fully saturated rings. The molecule has 1 aliphatic heterocycles. The first-order valence-electron chi connectivity index (χ1n) is 6.67. The fraction of sp³-hybridized carbons (Fsp3) is 0.923. The van der Waals surface area contributed by atoms with E-state index < -0.39 is 0 Å². The molecule has 1 unspecified atom stereocenters. The number of halogens is 1. The molecule has 100 valence electrons. The fourth-order valence-corrected chi connectivity index (χ4v) is 3.02. The zero-order valence-corrected chi connectivity index (χ0v) is 12.7. The van der Waals surface area contributed by atoms with Gasteiger partial charge in [-0.3, -0.25) is 4.79 Å². The van der Waals surface area contributed by atoms with Crippen molar-refractivity contribution in [3.8, 4) is 0 Å². The second-order valence-corrected chi connectivity index (χ2v) is 5.87. The van der Waals surface area contributed by atoms with Gasteiger partial charge in [0.25, 0.3) is 0 Å². The molecule has 4 heteroatoms. The maximum absolute atomic E-state index is 11.3. The van der Waals surface area contributed by atoms with Crippen molar-refractivity contribution in [1.29, 1.82) is 0 Å². The van der Waals surface area contributed by atoms with Gasteiger partial charge in [-0.1, -0.05) is 22.9 Å². The third-order valence-electron chi connectivity index (χ3n) is 3.57. The van der Waals surface area contributed by atoms with Crippen LogP contribution in [0.4, 0.5) is 0 Å². The molecular formula is C13H25BrN2O. The van der Waals surface area contributed by atoms with Crippen LogP contribution >= 0.6 is 15.9 Å². The van der Waals surface area contributed by atoms with Crippen LogP contribution in [0.1, 0.15) is 33.1 Å². The second kappa shape index (κ2) is 8.09. The smallest absolute Gasteiger partial charge is 0.219 e. The molecule has 0 N–H and O–H groups in total. The van der Waals surface area contributed by atoms with Gasteiger partial charge in [-0.2, -0.15) is 0 Å². The Balaban J connectivity index is 2.24. The van der Waals surface area contributed by atoms with Crippen LogP contribution in [0.2, 0.25) is 0 Å². The zero-order chi connectivity index (χ0) is 12.7. The second-order valence-electron chi connectivity index (χ2n) is 5.07. The summed E-state index contributed by atoms with van der Waals surface area (Å²) in [6, 6.07) is 0. The Bertz CT molecular complexity index is 235. The molecule has 1 heterocycles. The number of rotatable bonds is 5. The van der Waals surface area contributed by atoms with Gasteiger partial charge in [0, 0.05) is 31.9 Å². The number of amides is 1. The van der Waals surface area contributed by atoms with E-state index in [1.54, 1.807) is 6.92 Å². The maximum Gasteiger partial charge on any atom is 0.219 e. The number of hydrogen-bond donors (Lipinski definition) is 0. The summed E-state index contributed by atoms with van der Waals surface area (Å²) in [6.45, 7) is 9.20. The van der Waals surface area contributed by atoms with Crippen LogP contribution in [0.15, 0.2) is 0 Å². The Labute approximate surface area is 114 Å². The van der Waals surface area contributed by atoms with Gasteiger partial charge in [0.2, 0.25) is 5.91 Å². The van der Waals surface area contributed by atoms with E-state index in [-0.39, 0.29) is 5.91 Å². The molecule has 0 bridgehead atoms. The van der Waals surface area contributed by atoms with E-state index in [0.717, 1.165) is 43.8 Å². The van der Waals surface area contributed by atoms with Crippen molar-refractivity contribution in [2.75, 3.05) is 38.1 Å². The largest absolute Gasteiger partial charge is 0.342 e. The lowest BCUT2D eigenvalue weighted by Crippen LogP contribution is -2.34. The highest BCUT2D eigenvalue weighted by atomic mass is 79.9. The minimum atomic E-state index is 0.222. The van der Waals surface area contributed by atoms with E-state index >= 15 is 0 Å². The van der Waals surface area contributed by atoms with Crippen LogP contribution in [0.5, 0.6) is 0 Å². The van der Waals surface area contributed by atoms with Crippen LogP contribution < -0.4 is 0 Å². The molecule has 1 aliphatic rings. The van der Waals surface area contributed by atoms with E-state index in [0.29, 0.717) is 0 Å². The third kappa shape index (κ3) is 5.87. The predicted molar refractivity (Wildman–Crippen MR) is 75.5 cm³/mol. The van der Waals surface area contributed by atoms with Gasteiger partial charge >= 0.3 is 0 Å². The van der Waals surface area contributed by atoms with Crippen molar-refractivity contribution < 1.29 is 4.79 Å². The molecule has 3 nitrogen and oxygen atoms in total. The highest BCUT2D eigenvalue weighted by Gasteiger charge is 2.16. The molecule has 0 aromatic heterocycles. The fourth-order valence-electron chi connectivity index (χ4n) is 2.24. The van der Waals surface area contributed by atoms with E-state index in [1.807, 2.05) is 4.90 Å². The summed E-state index contributed by atoms with van der Waals surface area (Å²) in [4.78, 5) is 15.8. The lowest BCUT2D eigenvalue weighted by atomic mass is 10.1. The SMILES string of the molecule is CC(=O)N1CCCN(CCC(C)CCBr)CC1. The van der Waals surface area contributed by atoms with Crippen LogP contribution in [0.3, 0.4) is 0 Å². The quantitative estimate of drug-likeness (QED) is 0.728. The molecule has 17 heavy (non-hydrogen) atoms. The Morgan fingerprint density at radius 3 is 2.65 bits per heavy atom. The minimum Gasteiger partial charge on any atom is -0.342 e. The average molecular weight is 305 g/mol. The van der Waals surface area contributed by atoms with Crippen molar-refractivity contribution in [1.82, 2.24) is 9.80 Å². The molecule has 1 rings (SSSR count). The molecule has 1 atom stereocenters. The standard InChI is InChI=1S/C13H25BrN2O/c1-12(4-6-14)5-9-15-7-3-8-16(11-10-15)13(2)17/h12H,3-11H2,1-2H3. The Morgan fingerprint density at radius 2 is 2.00 bits per heavy atom. The average Bonchev–Trinajstić information content (AvgIpc) is 2.52. The van der Waals surface area contributed by atoms with Gasteiger partial charge < -0.3 is 9.80 Å². The van der Waals surface area contributed by atoms with Crippen molar-refractivity contribution in [2.24, 2.45) is 5.92 Å². The van der Waals surface area contributed by atoms with Gasteiger partial charge in [-0.05, 0) is 38.3 Å². The molecule has 0 saturated carbocycles. The van der Waals surface area contributed by atoms with Crippen molar-refractivity contribution in [3.63, 3.8) is 0 Å². The van der Waals surface area contributed by atoms with Gasteiger partial charge in [0.1, 0.15) is 0 Å². The third-order valence-corrected chi connectivity index (χ3v) is 4.03. The van der Waals surface area contributed by atoms with Crippen LogP contribution in [0, 0.1) is 5.92 Å². The van der Waals surface area contributed by atoms with Crippen molar-refractivity contribution in [3.05, 3.63) is 0 Å². The van der Waals surface area contributed by atoms with Crippen LogP contribution in [-0.4, -0.2) is 53.8 Å². The maximum atomic E-state index is 11.3. The molecule has 1 amide bonds. The molecule has 0 radical (unpaired) electrons. The van der Waals surface area contributed by atoms with Gasteiger partial charge in [-0.25, -0.2) is 0 Å². The summed E-state index contributed by atoms with van der Waals surface area (Å²) >= 11 is 3.49. The van der Waals surface area contributed by atoms with E-state index in [2.05, 4.69) is 27.8 Å². The Kier molecular flexibility index (Phi) is 7.12. The number of hydrogen-bond acceptors (Lipinski definition) is 2.